The van der Waals surface area contributed by atoms with E-state index < -0.39 is 24.3 Å². The fourth-order valence-electron chi connectivity index (χ4n) is 1.44. The van der Waals surface area contributed by atoms with Gasteiger partial charge in [-0.1, -0.05) is 0 Å². The molecule has 17 heavy (non-hydrogen) atoms. The predicted molar refractivity (Wildman–Crippen MR) is 51.4 cm³/mol. The molecule has 0 saturated heterocycles. The van der Waals surface area contributed by atoms with Crippen LogP contribution < -0.4 is 5.73 Å². The quantitative estimate of drug-likeness (QED) is 0.796. The van der Waals surface area contributed by atoms with E-state index in [-0.39, 0.29) is 11.2 Å². The average Bonchev–Trinajstić information content (AvgIpc) is 2.67. The van der Waals surface area contributed by atoms with Gasteiger partial charge in [0.2, 0.25) is 5.82 Å². The summed E-state index contributed by atoms with van der Waals surface area (Å²) in [4.78, 5) is 18.3. The number of imidazole rings is 1. The van der Waals surface area contributed by atoms with Gasteiger partial charge in [0, 0.05) is 12.4 Å². The van der Waals surface area contributed by atoms with Crippen LogP contribution in [0, 0.1) is 0 Å². The third-order valence-electron chi connectivity index (χ3n) is 2.15. The number of ketones is 1. The van der Waals surface area contributed by atoms with E-state index in [9.17, 15) is 18.0 Å². The van der Waals surface area contributed by atoms with Gasteiger partial charge in [0.1, 0.15) is 5.69 Å². The van der Waals surface area contributed by atoms with Crippen LogP contribution in [0.4, 0.5) is 13.2 Å². The molecular formula is C9H7F3N4O. The first-order valence-electron chi connectivity index (χ1n) is 4.57. The monoisotopic (exact) mass is 244 g/mol. The van der Waals surface area contributed by atoms with Crippen LogP contribution in [0.1, 0.15) is 16.3 Å². The minimum absolute atomic E-state index is 0.00437. The van der Waals surface area contributed by atoms with Crippen molar-refractivity contribution in [1.29, 1.82) is 0 Å². The highest BCUT2D eigenvalue weighted by Crippen LogP contribution is 2.29. The Morgan fingerprint density at radius 2 is 2.18 bits per heavy atom. The van der Waals surface area contributed by atoms with E-state index in [2.05, 4.69) is 9.97 Å². The summed E-state index contributed by atoms with van der Waals surface area (Å²) < 4.78 is 38.7. The first kappa shape index (κ1) is 11.5. The SMILES string of the molecule is NCC(=O)c1nc(C(F)(F)F)n2ccncc12. The van der Waals surface area contributed by atoms with E-state index in [0.717, 1.165) is 16.8 Å². The highest BCUT2D eigenvalue weighted by atomic mass is 19.4. The summed E-state index contributed by atoms with van der Waals surface area (Å²) >= 11 is 0. The molecule has 90 valence electrons. The zero-order valence-corrected chi connectivity index (χ0v) is 8.40. The summed E-state index contributed by atoms with van der Waals surface area (Å²) in [6, 6.07) is 0. The number of fused-ring (bicyclic) bond motifs is 1. The number of Topliss-reactive ketones (excluding diaryl/α,β-unsaturated/α-hetero) is 1. The van der Waals surface area contributed by atoms with Gasteiger partial charge in [-0.25, -0.2) is 4.98 Å². The number of carbonyl (C=O) groups excluding carboxylic acids is 1. The molecule has 0 aliphatic heterocycles. The van der Waals surface area contributed by atoms with Crippen molar-refractivity contribution in [3.05, 3.63) is 30.1 Å². The maximum atomic E-state index is 12.7. The number of halogens is 3. The van der Waals surface area contributed by atoms with Crippen molar-refractivity contribution in [2.24, 2.45) is 5.73 Å². The summed E-state index contributed by atoms with van der Waals surface area (Å²) in [5.74, 6) is -1.82. The third-order valence-corrected chi connectivity index (χ3v) is 2.15. The van der Waals surface area contributed by atoms with Crippen LogP contribution in [0.2, 0.25) is 0 Å². The molecule has 0 aliphatic carbocycles. The zero-order valence-electron chi connectivity index (χ0n) is 8.40. The van der Waals surface area contributed by atoms with Gasteiger partial charge in [0.25, 0.3) is 0 Å². The summed E-state index contributed by atoms with van der Waals surface area (Å²) in [7, 11) is 0. The normalized spacial score (nSPS) is 12.0. The molecule has 2 aromatic heterocycles. The molecule has 2 N–H and O–H groups in total. The molecule has 2 aromatic rings. The topological polar surface area (TPSA) is 73.3 Å². The first-order chi connectivity index (χ1) is 7.95. The van der Waals surface area contributed by atoms with Gasteiger partial charge in [-0.15, -0.1) is 0 Å². The maximum absolute atomic E-state index is 12.7. The Bertz CT molecular complexity index is 575. The van der Waals surface area contributed by atoms with E-state index in [1.54, 1.807) is 0 Å². The number of nitrogens with two attached hydrogens (primary N) is 1. The Morgan fingerprint density at radius 3 is 2.76 bits per heavy atom. The number of hydrogen-bond donors (Lipinski definition) is 1. The molecule has 0 bridgehead atoms. The fourth-order valence-corrected chi connectivity index (χ4v) is 1.44. The van der Waals surface area contributed by atoms with Crippen LogP contribution in [0.25, 0.3) is 5.52 Å². The highest BCUT2D eigenvalue weighted by molar-refractivity contribution is 6.01. The summed E-state index contributed by atoms with van der Waals surface area (Å²) in [6.07, 6.45) is -1.22. The minimum Gasteiger partial charge on any atom is -0.324 e. The van der Waals surface area contributed by atoms with E-state index in [4.69, 9.17) is 5.73 Å². The average molecular weight is 244 g/mol. The molecule has 5 nitrogen and oxygen atoms in total. The van der Waals surface area contributed by atoms with Crippen molar-refractivity contribution in [3.8, 4) is 0 Å². The minimum atomic E-state index is -4.64. The zero-order chi connectivity index (χ0) is 12.6. The molecule has 0 fully saturated rings. The molecule has 8 heteroatoms. The lowest BCUT2D eigenvalue weighted by Gasteiger charge is -2.03. The Balaban J connectivity index is 2.76. The number of hydrogen-bond acceptors (Lipinski definition) is 4. The van der Waals surface area contributed by atoms with Crippen molar-refractivity contribution >= 4 is 11.3 Å². The lowest BCUT2D eigenvalue weighted by molar-refractivity contribution is -0.145. The molecule has 0 unspecified atom stereocenters. The highest BCUT2D eigenvalue weighted by Gasteiger charge is 2.37. The number of alkyl halides is 3. The van der Waals surface area contributed by atoms with Crippen molar-refractivity contribution in [1.82, 2.24) is 14.4 Å². The van der Waals surface area contributed by atoms with Crippen molar-refractivity contribution in [2.45, 2.75) is 6.18 Å². The lowest BCUT2D eigenvalue weighted by Crippen LogP contribution is -2.15. The molecular weight excluding hydrogens is 237 g/mol. The largest absolute Gasteiger partial charge is 0.450 e. The van der Waals surface area contributed by atoms with E-state index in [1.165, 1.54) is 6.20 Å². The van der Waals surface area contributed by atoms with Crippen molar-refractivity contribution in [2.75, 3.05) is 6.54 Å². The van der Waals surface area contributed by atoms with Crippen LogP contribution >= 0.6 is 0 Å². The maximum Gasteiger partial charge on any atom is 0.450 e. The third kappa shape index (κ3) is 1.86. The molecule has 0 radical (unpaired) electrons. The van der Waals surface area contributed by atoms with Gasteiger partial charge < -0.3 is 5.73 Å². The summed E-state index contributed by atoms with van der Waals surface area (Å²) in [6.45, 7) is -0.404. The number of aromatic nitrogens is 3. The van der Waals surface area contributed by atoms with Gasteiger partial charge in [0.05, 0.1) is 18.3 Å². The van der Waals surface area contributed by atoms with Gasteiger partial charge in [0.15, 0.2) is 5.78 Å². The van der Waals surface area contributed by atoms with Crippen LogP contribution in [-0.2, 0) is 6.18 Å². The van der Waals surface area contributed by atoms with Crippen LogP contribution in [0.3, 0.4) is 0 Å². The van der Waals surface area contributed by atoms with Crippen LogP contribution in [-0.4, -0.2) is 26.7 Å². The standard InChI is InChI=1S/C9H7F3N4O/c10-9(11,12)8-15-7(6(17)3-13)5-4-14-1-2-16(5)8/h1-2,4H,3,13H2. The lowest BCUT2D eigenvalue weighted by atomic mass is 10.2. The molecule has 0 amide bonds. The first-order valence-corrected chi connectivity index (χ1v) is 4.57. The van der Waals surface area contributed by atoms with Crippen LogP contribution in [0.15, 0.2) is 18.6 Å². The smallest absolute Gasteiger partial charge is 0.324 e. The molecule has 2 heterocycles. The van der Waals surface area contributed by atoms with Gasteiger partial charge in [-0.3, -0.25) is 14.2 Å². The molecule has 2 rings (SSSR count). The van der Waals surface area contributed by atoms with Gasteiger partial charge >= 0.3 is 6.18 Å². The second-order valence-corrected chi connectivity index (χ2v) is 3.24. The summed E-state index contributed by atoms with van der Waals surface area (Å²) in [5, 5.41) is 0. The molecule has 0 aliphatic rings. The van der Waals surface area contributed by atoms with Gasteiger partial charge in [-0.2, -0.15) is 13.2 Å². The Morgan fingerprint density at radius 1 is 1.47 bits per heavy atom. The molecule has 0 aromatic carbocycles. The van der Waals surface area contributed by atoms with Gasteiger partial charge in [-0.05, 0) is 0 Å². The predicted octanol–water partition coefficient (Wildman–Crippen LogP) is 0.890. The van der Waals surface area contributed by atoms with E-state index in [1.807, 2.05) is 0 Å². The second kappa shape index (κ2) is 3.81. The Hall–Kier alpha value is -1.96. The molecule has 0 spiro atoms. The number of rotatable bonds is 2. The fraction of sp³-hybridized carbons (Fsp3) is 0.222. The number of carbonyl (C=O) groups is 1. The number of nitrogens with zero attached hydrogens (tertiary/aromatic N) is 3. The van der Waals surface area contributed by atoms with E-state index in [0.29, 0.717) is 0 Å². The summed E-state index contributed by atoms with van der Waals surface area (Å²) in [5.41, 5.74) is 4.80. The van der Waals surface area contributed by atoms with Crippen molar-refractivity contribution in [3.63, 3.8) is 0 Å². The van der Waals surface area contributed by atoms with Crippen LogP contribution in [0.5, 0.6) is 0 Å². The molecule has 0 saturated carbocycles. The Labute approximate surface area is 93.1 Å². The second-order valence-electron chi connectivity index (χ2n) is 3.24. The van der Waals surface area contributed by atoms with Crippen molar-refractivity contribution < 1.29 is 18.0 Å². The van der Waals surface area contributed by atoms with E-state index >= 15 is 0 Å². The Kier molecular flexibility index (Phi) is 2.58. The molecule has 0 atom stereocenters.